The maximum atomic E-state index is 11.6. The molecule has 112 valence electrons. The zero-order valence-corrected chi connectivity index (χ0v) is 13.0. The van der Waals surface area contributed by atoms with Gasteiger partial charge in [0.05, 0.1) is 6.07 Å². The van der Waals surface area contributed by atoms with Crippen LogP contribution in [0.25, 0.3) is 11.1 Å². The SMILES string of the molecule is Cc1cc(C)cc(-c2csc(NC(=O)CC#N)c2C(=O)O)c1. The average Bonchev–Trinajstić information content (AvgIpc) is 2.81. The lowest BCUT2D eigenvalue weighted by molar-refractivity contribution is -0.115. The Balaban J connectivity index is 2.49. The highest BCUT2D eigenvalue weighted by Crippen LogP contribution is 2.36. The fraction of sp³-hybridized carbons (Fsp3) is 0.188. The van der Waals surface area contributed by atoms with Gasteiger partial charge in [-0.1, -0.05) is 29.3 Å². The van der Waals surface area contributed by atoms with Crippen molar-refractivity contribution < 1.29 is 14.7 Å². The average molecular weight is 314 g/mol. The van der Waals surface area contributed by atoms with Crippen LogP contribution in [0.2, 0.25) is 0 Å². The molecule has 1 amide bonds. The standard InChI is InChI=1S/C16H14N2O3S/c1-9-5-10(2)7-11(6-9)12-8-22-15(14(12)16(20)21)18-13(19)3-4-17/h5-8H,3H2,1-2H3,(H,18,19)(H,20,21). The van der Waals surface area contributed by atoms with Crippen LogP contribution in [0.15, 0.2) is 23.6 Å². The van der Waals surface area contributed by atoms with Gasteiger partial charge in [-0.3, -0.25) is 4.79 Å². The molecular formula is C16H14N2O3S. The molecule has 5 nitrogen and oxygen atoms in total. The van der Waals surface area contributed by atoms with Gasteiger partial charge in [-0.25, -0.2) is 4.79 Å². The van der Waals surface area contributed by atoms with Gasteiger partial charge < -0.3 is 10.4 Å². The van der Waals surface area contributed by atoms with Crippen molar-refractivity contribution in [3.63, 3.8) is 0 Å². The van der Waals surface area contributed by atoms with Crippen molar-refractivity contribution in [2.24, 2.45) is 0 Å². The second-order valence-electron chi connectivity index (χ2n) is 4.92. The largest absolute Gasteiger partial charge is 0.478 e. The summed E-state index contributed by atoms with van der Waals surface area (Å²) in [5.74, 6) is -1.62. The summed E-state index contributed by atoms with van der Waals surface area (Å²) in [5, 5.41) is 22.4. The molecule has 0 fully saturated rings. The number of hydrogen-bond donors (Lipinski definition) is 2. The minimum atomic E-state index is -1.11. The molecule has 1 heterocycles. The first-order valence-corrected chi connectivity index (χ1v) is 7.40. The highest BCUT2D eigenvalue weighted by molar-refractivity contribution is 7.15. The van der Waals surface area contributed by atoms with E-state index in [4.69, 9.17) is 5.26 Å². The van der Waals surface area contributed by atoms with Crippen LogP contribution < -0.4 is 5.32 Å². The van der Waals surface area contributed by atoms with E-state index >= 15 is 0 Å². The van der Waals surface area contributed by atoms with Crippen molar-refractivity contribution in [1.82, 2.24) is 0 Å². The Morgan fingerprint density at radius 2 is 1.91 bits per heavy atom. The topological polar surface area (TPSA) is 90.2 Å². The predicted octanol–water partition coefficient (Wildman–Crippen LogP) is 3.58. The lowest BCUT2D eigenvalue weighted by atomic mass is 10.00. The summed E-state index contributed by atoms with van der Waals surface area (Å²) in [6.07, 6.45) is -0.310. The number of aromatic carboxylic acids is 1. The number of hydrogen-bond acceptors (Lipinski definition) is 4. The molecule has 0 aliphatic rings. The number of carboxylic acid groups (broad SMARTS) is 1. The highest BCUT2D eigenvalue weighted by atomic mass is 32.1. The van der Waals surface area contributed by atoms with Crippen molar-refractivity contribution in [2.75, 3.05) is 5.32 Å². The summed E-state index contributed by atoms with van der Waals surface area (Å²) in [5.41, 5.74) is 3.49. The Bertz CT molecular complexity index is 767. The number of anilines is 1. The Morgan fingerprint density at radius 3 is 2.45 bits per heavy atom. The third-order valence-electron chi connectivity index (χ3n) is 3.03. The smallest absolute Gasteiger partial charge is 0.339 e. The predicted molar refractivity (Wildman–Crippen MR) is 85.0 cm³/mol. The zero-order valence-electron chi connectivity index (χ0n) is 12.1. The maximum Gasteiger partial charge on any atom is 0.339 e. The number of nitrogens with one attached hydrogen (secondary N) is 1. The van der Waals surface area contributed by atoms with E-state index in [1.807, 2.05) is 32.0 Å². The van der Waals surface area contributed by atoms with E-state index in [1.165, 1.54) is 0 Å². The van der Waals surface area contributed by atoms with Gasteiger partial charge in [-0.2, -0.15) is 5.26 Å². The molecule has 0 radical (unpaired) electrons. The minimum Gasteiger partial charge on any atom is -0.478 e. The number of carbonyl (C=O) groups is 2. The second-order valence-corrected chi connectivity index (χ2v) is 5.80. The number of carboxylic acids is 1. The summed E-state index contributed by atoms with van der Waals surface area (Å²) in [6, 6.07) is 7.55. The van der Waals surface area contributed by atoms with Gasteiger partial charge in [-0.05, 0) is 19.4 Å². The lowest BCUT2D eigenvalue weighted by Crippen LogP contribution is -2.12. The van der Waals surface area contributed by atoms with Crippen LogP contribution in [0.1, 0.15) is 27.9 Å². The molecule has 0 spiro atoms. The molecule has 6 heteroatoms. The van der Waals surface area contributed by atoms with Gasteiger partial charge in [-0.15, -0.1) is 11.3 Å². The summed E-state index contributed by atoms with van der Waals surface area (Å²) < 4.78 is 0. The number of aryl methyl sites for hydroxylation is 2. The molecule has 22 heavy (non-hydrogen) atoms. The lowest BCUT2D eigenvalue weighted by Gasteiger charge is -2.06. The molecule has 0 saturated heterocycles. The molecule has 2 aromatic rings. The Morgan fingerprint density at radius 1 is 1.27 bits per heavy atom. The quantitative estimate of drug-likeness (QED) is 0.902. The number of nitrogens with zero attached hydrogens (tertiary/aromatic N) is 1. The third-order valence-corrected chi connectivity index (χ3v) is 3.93. The highest BCUT2D eigenvalue weighted by Gasteiger charge is 2.21. The number of nitriles is 1. The van der Waals surface area contributed by atoms with Crippen molar-refractivity contribution in [3.05, 3.63) is 40.3 Å². The first kappa shape index (κ1) is 15.7. The molecule has 0 aliphatic heterocycles. The van der Waals surface area contributed by atoms with Crippen LogP contribution in [0.3, 0.4) is 0 Å². The first-order chi connectivity index (χ1) is 10.4. The molecule has 0 saturated carbocycles. The van der Waals surface area contributed by atoms with Gasteiger partial charge in [0.1, 0.15) is 17.0 Å². The summed E-state index contributed by atoms with van der Waals surface area (Å²) in [6.45, 7) is 3.89. The minimum absolute atomic E-state index is 0.0567. The fourth-order valence-corrected chi connectivity index (χ4v) is 3.23. The van der Waals surface area contributed by atoms with E-state index in [-0.39, 0.29) is 17.0 Å². The molecule has 0 unspecified atom stereocenters. The Hall–Kier alpha value is -2.65. The summed E-state index contributed by atoms with van der Waals surface area (Å²) >= 11 is 1.14. The van der Waals surface area contributed by atoms with E-state index in [0.717, 1.165) is 28.0 Å². The Kier molecular flexibility index (Phi) is 4.59. The van der Waals surface area contributed by atoms with Crippen molar-refractivity contribution in [1.29, 1.82) is 5.26 Å². The Labute approximate surface area is 131 Å². The van der Waals surface area contributed by atoms with Gasteiger partial charge in [0.15, 0.2) is 0 Å². The van der Waals surface area contributed by atoms with Crippen molar-refractivity contribution in [2.45, 2.75) is 20.3 Å². The normalized spacial score (nSPS) is 10.0. The van der Waals surface area contributed by atoms with Gasteiger partial charge in [0, 0.05) is 10.9 Å². The van der Waals surface area contributed by atoms with Crippen LogP contribution in [0, 0.1) is 25.2 Å². The number of rotatable bonds is 4. The maximum absolute atomic E-state index is 11.6. The summed E-state index contributed by atoms with van der Waals surface area (Å²) in [4.78, 5) is 23.1. The molecule has 2 rings (SSSR count). The van der Waals surface area contributed by atoms with Gasteiger partial charge in [0.25, 0.3) is 0 Å². The molecule has 1 aromatic carbocycles. The van der Waals surface area contributed by atoms with Crippen LogP contribution in [-0.2, 0) is 4.79 Å². The molecule has 0 aliphatic carbocycles. The van der Waals surface area contributed by atoms with Crippen LogP contribution >= 0.6 is 11.3 Å². The van der Waals surface area contributed by atoms with E-state index in [0.29, 0.717) is 5.56 Å². The van der Waals surface area contributed by atoms with Crippen LogP contribution in [0.5, 0.6) is 0 Å². The van der Waals surface area contributed by atoms with Gasteiger partial charge >= 0.3 is 5.97 Å². The molecule has 2 N–H and O–H groups in total. The van der Waals surface area contributed by atoms with E-state index < -0.39 is 11.9 Å². The number of thiophene rings is 1. The monoisotopic (exact) mass is 314 g/mol. The number of benzene rings is 1. The number of carbonyl (C=O) groups excluding carboxylic acids is 1. The summed E-state index contributed by atoms with van der Waals surface area (Å²) in [7, 11) is 0. The molecule has 0 atom stereocenters. The van der Waals surface area contributed by atoms with Crippen molar-refractivity contribution >= 4 is 28.2 Å². The molecule has 1 aromatic heterocycles. The molecular weight excluding hydrogens is 300 g/mol. The van der Waals surface area contributed by atoms with E-state index in [2.05, 4.69) is 5.32 Å². The number of amides is 1. The molecule has 0 bridgehead atoms. The van der Waals surface area contributed by atoms with Crippen LogP contribution in [-0.4, -0.2) is 17.0 Å². The van der Waals surface area contributed by atoms with Crippen LogP contribution in [0.4, 0.5) is 5.00 Å². The fourth-order valence-electron chi connectivity index (χ4n) is 2.25. The second kappa shape index (κ2) is 6.41. The van der Waals surface area contributed by atoms with E-state index in [9.17, 15) is 14.7 Å². The third kappa shape index (κ3) is 3.32. The first-order valence-electron chi connectivity index (χ1n) is 6.52. The van der Waals surface area contributed by atoms with Gasteiger partial charge in [0.2, 0.25) is 5.91 Å². The zero-order chi connectivity index (χ0) is 16.3. The van der Waals surface area contributed by atoms with Crippen molar-refractivity contribution in [3.8, 4) is 17.2 Å². The van der Waals surface area contributed by atoms with E-state index in [1.54, 1.807) is 11.4 Å².